The molecule has 0 spiro atoms. The van der Waals surface area contributed by atoms with Crippen LogP contribution in [0.4, 0.5) is 10.1 Å². The molecule has 0 unspecified atom stereocenters. The highest BCUT2D eigenvalue weighted by Gasteiger charge is 2.08. The molecule has 0 aliphatic carbocycles. The molecular weight excluding hydrogens is 358 g/mol. The Morgan fingerprint density at radius 1 is 1.21 bits per heavy atom. The number of amides is 1. The molecule has 2 rings (SSSR count). The first-order chi connectivity index (χ1) is 9.10. The standard InChI is InChI=1S/C14H12FIN2O/c15-11-5-6-13(12(16)7-11)18-14(19)10-3-1-9(8-17)2-4-10/h1-7H,8,17H2,(H,18,19). The summed E-state index contributed by atoms with van der Waals surface area (Å²) in [7, 11) is 0. The second-order valence-corrected chi connectivity index (χ2v) is 5.14. The highest BCUT2D eigenvalue weighted by Crippen LogP contribution is 2.19. The Balaban J connectivity index is 2.15. The topological polar surface area (TPSA) is 55.1 Å². The van der Waals surface area contributed by atoms with Crippen molar-refractivity contribution in [2.45, 2.75) is 6.54 Å². The molecule has 0 saturated heterocycles. The van der Waals surface area contributed by atoms with Crippen LogP contribution >= 0.6 is 22.6 Å². The minimum atomic E-state index is -0.324. The summed E-state index contributed by atoms with van der Waals surface area (Å²) in [6.07, 6.45) is 0. The Hall–Kier alpha value is -1.47. The molecule has 0 aliphatic heterocycles. The van der Waals surface area contributed by atoms with Crippen molar-refractivity contribution in [3.05, 3.63) is 63.0 Å². The van der Waals surface area contributed by atoms with Crippen LogP contribution in [0.1, 0.15) is 15.9 Å². The van der Waals surface area contributed by atoms with Crippen LogP contribution in [-0.4, -0.2) is 5.91 Å². The summed E-state index contributed by atoms with van der Waals surface area (Å²) in [5, 5.41) is 2.75. The maximum absolute atomic E-state index is 13.0. The summed E-state index contributed by atoms with van der Waals surface area (Å²) < 4.78 is 13.6. The molecule has 19 heavy (non-hydrogen) atoms. The first kappa shape index (κ1) is 14.0. The average Bonchev–Trinajstić information content (AvgIpc) is 2.42. The fraction of sp³-hybridized carbons (Fsp3) is 0.0714. The first-order valence-electron chi connectivity index (χ1n) is 5.65. The Morgan fingerprint density at radius 2 is 1.89 bits per heavy atom. The van der Waals surface area contributed by atoms with Gasteiger partial charge < -0.3 is 11.1 Å². The maximum Gasteiger partial charge on any atom is 0.255 e. The van der Waals surface area contributed by atoms with Crippen LogP contribution in [0.3, 0.4) is 0 Å². The quantitative estimate of drug-likeness (QED) is 0.816. The molecule has 0 radical (unpaired) electrons. The molecule has 98 valence electrons. The first-order valence-corrected chi connectivity index (χ1v) is 6.73. The van der Waals surface area contributed by atoms with Crippen molar-refractivity contribution in [3.63, 3.8) is 0 Å². The van der Waals surface area contributed by atoms with Crippen molar-refractivity contribution in [2.75, 3.05) is 5.32 Å². The van der Waals surface area contributed by atoms with Crippen LogP contribution in [0.5, 0.6) is 0 Å². The summed E-state index contributed by atoms with van der Waals surface area (Å²) in [4.78, 5) is 12.0. The van der Waals surface area contributed by atoms with Gasteiger partial charge in [0.2, 0.25) is 0 Å². The average molecular weight is 370 g/mol. The number of benzene rings is 2. The molecule has 0 atom stereocenters. The Labute approximate surface area is 124 Å². The van der Waals surface area contributed by atoms with E-state index < -0.39 is 0 Å². The lowest BCUT2D eigenvalue weighted by molar-refractivity contribution is 0.102. The molecule has 1 amide bonds. The van der Waals surface area contributed by atoms with Crippen LogP contribution in [-0.2, 0) is 6.54 Å². The predicted octanol–water partition coefficient (Wildman–Crippen LogP) is 3.14. The van der Waals surface area contributed by atoms with Gasteiger partial charge in [-0.05, 0) is 58.5 Å². The molecule has 0 aromatic heterocycles. The fourth-order valence-corrected chi connectivity index (χ4v) is 2.19. The van der Waals surface area contributed by atoms with Gasteiger partial charge in [0.25, 0.3) is 5.91 Å². The number of hydrogen-bond acceptors (Lipinski definition) is 2. The molecule has 0 fully saturated rings. The third kappa shape index (κ3) is 3.51. The summed E-state index contributed by atoms with van der Waals surface area (Å²) in [6.45, 7) is 0.442. The second-order valence-electron chi connectivity index (χ2n) is 3.98. The van der Waals surface area contributed by atoms with E-state index in [1.807, 2.05) is 34.7 Å². The fourth-order valence-electron chi connectivity index (χ4n) is 1.58. The van der Waals surface area contributed by atoms with E-state index in [0.717, 1.165) is 5.56 Å². The lowest BCUT2D eigenvalue weighted by atomic mass is 10.1. The number of hydrogen-bond donors (Lipinski definition) is 2. The van der Waals surface area contributed by atoms with Crippen LogP contribution < -0.4 is 11.1 Å². The number of carbonyl (C=O) groups is 1. The van der Waals surface area contributed by atoms with E-state index in [0.29, 0.717) is 21.4 Å². The van der Waals surface area contributed by atoms with Crippen molar-refractivity contribution in [2.24, 2.45) is 5.73 Å². The molecule has 0 heterocycles. The largest absolute Gasteiger partial charge is 0.326 e. The number of anilines is 1. The lowest BCUT2D eigenvalue weighted by Gasteiger charge is -2.08. The van der Waals surface area contributed by atoms with Gasteiger partial charge in [0, 0.05) is 15.7 Å². The van der Waals surface area contributed by atoms with Gasteiger partial charge in [-0.25, -0.2) is 4.39 Å². The van der Waals surface area contributed by atoms with Gasteiger partial charge in [-0.15, -0.1) is 0 Å². The Kier molecular flexibility index (Phi) is 4.49. The zero-order valence-corrected chi connectivity index (χ0v) is 12.1. The van der Waals surface area contributed by atoms with Crippen molar-refractivity contribution >= 4 is 34.2 Å². The van der Waals surface area contributed by atoms with Crippen molar-refractivity contribution in [1.82, 2.24) is 0 Å². The van der Waals surface area contributed by atoms with E-state index >= 15 is 0 Å². The maximum atomic E-state index is 13.0. The van der Waals surface area contributed by atoms with Crippen molar-refractivity contribution < 1.29 is 9.18 Å². The molecule has 2 aromatic rings. The normalized spacial score (nSPS) is 10.3. The van der Waals surface area contributed by atoms with E-state index in [-0.39, 0.29) is 11.7 Å². The number of halogens is 2. The summed E-state index contributed by atoms with van der Waals surface area (Å²) in [5.41, 5.74) is 7.59. The van der Waals surface area contributed by atoms with Crippen molar-refractivity contribution in [1.29, 1.82) is 0 Å². The van der Waals surface area contributed by atoms with E-state index in [2.05, 4.69) is 5.32 Å². The molecule has 0 aliphatic rings. The highest BCUT2D eigenvalue weighted by atomic mass is 127. The van der Waals surface area contributed by atoms with Gasteiger partial charge >= 0.3 is 0 Å². The Bertz CT molecular complexity index is 599. The molecule has 2 aromatic carbocycles. The van der Waals surface area contributed by atoms with Gasteiger partial charge in [0.15, 0.2) is 0 Å². The molecule has 3 N–H and O–H groups in total. The predicted molar refractivity (Wildman–Crippen MR) is 81.4 cm³/mol. The monoisotopic (exact) mass is 370 g/mol. The minimum Gasteiger partial charge on any atom is -0.326 e. The molecule has 0 saturated carbocycles. The number of carbonyl (C=O) groups excluding carboxylic acids is 1. The molecule has 5 heteroatoms. The van der Waals surface area contributed by atoms with E-state index in [4.69, 9.17) is 5.73 Å². The smallest absolute Gasteiger partial charge is 0.255 e. The molecule has 3 nitrogen and oxygen atoms in total. The van der Waals surface area contributed by atoms with Crippen LogP contribution in [0, 0.1) is 9.39 Å². The van der Waals surface area contributed by atoms with Crippen LogP contribution in [0.2, 0.25) is 0 Å². The van der Waals surface area contributed by atoms with E-state index in [1.165, 1.54) is 12.1 Å². The highest BCUT2D eigenvalue weighted by molar-refractivity contribution is 14.1. The van der Waals surface area contributed by atoms with Crippen LogP contribution in [0.25, 0.3) is 0 Å². The van der Waals surface area contributed by atoms with Crippen LogP contribution in [0.15, 0.2) is 42.5 Å². The zero-order chi connectivity index (χ0) is 13.8. The van der Waals surface area contributed by atoms with Gasteiger partial charge in [0.05, 0.1) is 5.69 Å². The third-order valence-electron chi connectivity index (χ3n) is 2.63. The SMILES string of the molecule is NCc1ccc(C(=O)Nc2ccc(F)cc2I)cc1. The summed E-state index contributed by atoms with van der Waals surface area (Å²) in [5.74, 6) is -0.553. The van der Waals surface area contributed by atoms with Gasteiger partial charge in [-0.1, -0.05) is 12.1 Å². The molecule has 0 bridgehead atoms. The number of nitrogens with one attached hydrogen (secondary N) is 1. The van der Waals surface area contributed by atoms with E-state index in [1.54, 1.807) is 18.2 Å². The summed E-state index contributed by atoms with van der Waals surface area (Å²) >= 11 is 1.98. The number of nitrogens with two attached hydrogens (primary N) is 1. The van der Waals surface area contributed by atoms with Gasteiger partial charge in [-0.3, -0.25) is 4.79 Å². The van der Waals surface area contributed by atoms with E-state index in [9.17, 15) is 9.18 Å². The summed E-state index contributed by atoms with van der Waals surface area (Å²) in [6, 6.07) is 11.3. The second kappa shape index (κ2) is 6.12. The lowest BCUT2D eigenvalue weighted by Crippen LogP contribution is -2.13. The molecular formula is C14H12FIN2O. The minimum absolute atomic E-state index is 0.229. The Morgan fingerprint density at radius 3 is 2.47 bits per heavy atom. The van der Waals surface area contributed by atoms with Gasteiger partial charge in [0.1, 0.15) is 5.82 Å². The number of rotatable bonds is 3. The third-order valence-corrected chi connectivity index (χ3v) is 3.52. The van der Waals surface area contributed by atoms with Crippen molar-refractivity contribution in [3.8, 4) is 0 Å². The van der Waals surface area contributed by atoms with Gasteiger partial charge in [-0.2, -0.15) is 0 Å². The zero-order valence-electron chi connectivity index (χ0n) is 9.99.